The summed E-state index contributed by atoms with van der Waals surface area (Å²) in [5.41, 5.74) is 3.80. The molecule has 3 N–H and O–H groups in total. The number of aliphatic carboxylic acids is 1. The van der Waals surface area contributed by atoms with E-state index in [1.165, 1.54) is 0 Å². The van der Waals surface area contributed by atoms with Gasteiger partial charge in [-0.25, -0.2) is 9.97 Å². The lowest BCUT2D eigenvalue weighted by atomic mass is 9.82. The van der Waals surface area contributed by atoms with Gasteiger partial charge in [-0.15, -0.1) is 0 Å². The molecule has 1 aliphatic rings. The normalized spacial score (nSPS) is 18.0. The lowest BCUT2D eigenvalue weighted by Crippen LogP contribution is -2.25. The Bertz CT molecular complexity index is 1140. The molecule has 1 saturated carbocycles. The highest BCUT2D eigenvalue weighted by atomic mass is 16.5. The fourth-order valence-electron chi connectivity index (χ4n) is 4.36. The molecule has 3 aromatic rings. The van der Waals surface area contributed by atoms with E-state index in [2.05, 4.69) is 5.32 Å². The van der Waals surface area contributed by atoms with E-state index in [4.69, 9.17) is 14.7 Å². The number of hydrogen-bond donors (Lipinski definition) is 3. The van der Waals surface area contributed by atoms with Crippen molar-refractivity contribution >= 4 is 11.9 Å². The van der Waals surface area contributed by atoms with Gasteiger partial charge in [0.2, 0.25) is 5.95 Å². The SMILES string of the molecule is COc1ccccc1-c1cc(-c2cc(C)ccc2O)nc(NCC2CCC(C(=O)O)CC2)n1. The predicted octanol–water partition coefficient (Wildman–Crippen LogP) is 5.14. The number of aromatic nitrogens is 2. The van der Waals surface area contributed by atoms with Crippen molar-refractivity contribution in [1.82, 2.24) is 9.97 Å². The minimum Gasteiger partial charge on any atom is -0.507 e. The van der Waals surface area contributed by atoms with Gasteiger partial charge in [-0.3, -0.25) is 4.79 Å². The molecule has 1 aromatic heterocycles. The van der Waals surface area contributed by atoms with Crippen molar-refractivity contribution in [1.29, 1.82) is 0 Å². The third-order valence-electron chi connectivity index (χ3n) is 6.28. The average Bonchev–Trinajstić information content (AvgIpc) is 2.84. The van der Waals surface area contributed by atoms with Crippen LogP contribution >= 0.6 is 0 Å². The summed E-state index contributed by atoms with van der Waals surface area (Å²) >= 11 is 0. The molecule has 4 rings (SSSR count). The molecule has 7 nitrogen and oxygen atoms in total. The van der Waals surface area contributed by atoms with Crippen LogP contribution in [-0.2, 0) is 4.79 Å². The van der Waals surface area contributed by atoms with Gasteiger partial charge in [-0.2, -0.15) is 0 Å². The Labute approximate surface area is 193 Å². The van der Waals surface area contributed by atoms with Gasteiger partial charge >= 0.3 is 5.97 Å². The van der Waals surface area contributed by atoms with Crippen LogP contribution in [0.3, 0.4) is 0 Å². The Morgan fingerprint density at radius 2 is 1.73 bits per heavy atom. The van der Waals surface area contributed by atoms with Crippen LogP contribution in [0.4, 0.5) is 5.95 Å². The van der Waals surface area contributed by atoms with Crippen molar-refractivity contribution in [3.05, 3.63) is 54.1 Å². The summed E-state index contributed by atoms with van der Waals surface area (Å²) < 4.78 is 5.53. The van der Waals surface area contributed by atoms with E-state index in [1.54, 1.807) is 13.2 Å². The fourth-order valence-corrected chi connectivity index (χ4v) is 4.36. The molecule has 0 spiro atoms. The second-order valence-electron chi connectivity index (χ2n) is 8.62. The van der Waals surface area contributed by atoms with Gasteiger partial charge in [0.05, 0.1) is 24.4 Å². The molecule has 1 aliphatic carbocycles. The number of aryl methyl sites for hydroxylation is 1. The molecule has 0 atom stereocenters. The van der Waals surface area contributed by atoms with Crippen molar-refractivity contribution in [2.45, 2.75) is 32.6 Å². The number of phenolic OH excluding ortho intramolecular Hbond substituents is 1. The van der Waals surface area contributed by atoms with Crippen LogP contribution in [0.5, 0.6) is 11.5 Å². The molecule has 0 unspecified atom stereocenters. The molecular weight excluding hydrogens is 418 g/mol. The first-order chi connectivity index (χ1) is 15.9. The van der Waals surface area contributed by atoms with E-state index < -0.39 is 5.97 Å². The Kier molecular flexibility index (Phi) is 6.77. The van der Waals surface area contributed by atoms with Crippen LogP contribution in [-0.4, -0.2) is 39.8 Å². The minimum absolute atomic E-state index is 0.156. The van der Waals surface area contributed by atoms with Gasteiger partial charge in [0.25, 0.3) is 0 Å². The Morgan fingerprint density at radius 3 is 2.42 bits per heavy atom. The maximum absolute atomic E-state index is 11.2. The smallest absolute Gasteiger partial charge is 0.306 e. The summed E-state index contributed by atoms with van der Waals surface area (Å²) in [5.74, 6) is 0.764. The zero-order valence-corrected chi connectivity index (χ0v) is 18.9. The van der Waals surface area contributed by atoms with Crippen LogP contribution in [0.25, 0.3) is 22.5 Å². The number of nitrogens with one attached hydrogen (secondary N) is 1. The molecule has 1 fully saturated rings. The monoisotopic (exact) mass is 447 g/mol. The molecule has 0 saturated heterocycles. The molecule has 0 bridgehead atoms. The van der Waals surface area contributed by atoms with Gasteiger partial charge in [-0.05, 0) is 68.9 Å². The van der Waals surface area contributed by atoms with Gasteiger partial charge < -0.3 is 20.3 Å². The van der Waals surface area contributed by atoms with Crippen molar-refractivity contribution in [2.75, 3.05) is 19.0 Å². The first-order valence-corrected chi connectivity index (χ1v) is 11.2. The number of aromatic hydroxyl groups is 1. The molecule has 0 radical (unpaired) electrons. The first-order valence-electron chi connectivity index (χ1n) is 11.2. The summed E-state index contributed by atoms with van der Waals surface area (Å²) in [4.78, 5) is 20.7. The van der Waals surface area contributed by atoms with Crippen LogP contribution in [0.2, 0.25) is 0 Å². The highest BCUT2D eigenvalue weighted by Gasteiger charge is 2.26. The number of carbonyl (C=O) groups is 1. The molecule has 172 valence electrons. The van der Waals surface area contributed by atoms with E-state index in [0.717, 1.165) is 24.0 Å². The third kappa shape index (κ3) is 5.25. The summed E-state index contributed by atoms with van der Waals surface area (Å²) in [7, 11) is 1.62. The number of nitrogens with zero attached hydrogens (tertiary/aromatic N) is 2. The summed E-state index contributed by atoms with van der Waals surface area (Å²) in [6.07, 6.45) is 3.13. The summed E-state index contributed by atoms with van der Waals surface area (Å²) in [6.45, 7) is 2.64. The molecule has 33 heavy (non-hydrogen) atoms. The second kappa shape index (κ2) is 9.90. The number of rotatable bonds is 7. The number of anilines is 1. The number of carboxylic acids is 1. The summed E-state index contributed by atoms with van der Waals surface area (Å²) in [6, 6.07) is 14.9. The number of methoxy groups -OCH3 is 1. The van der Waals surface area contributed by atoms with Crippen molar-refractivity contribution in [3.63, 3.8) is 0 Å². The van der Waals surface area contributed by atoms with Gasteiger partial charge in [0.15, 0.2) is 0 Å². The Hall–Kier alpha value is -3.61. The highest BCUT2D eigenvalue weighted by molar-refractivity contribution is 5.76. The Balaban J connectivity index is 1.65. The van der Waals surface area contributed by atoms with Crippen LogP contribution in [0, 0.1) is 18.8 Å². The maximum Gasteiger partial charge on any atom is 0.306 e. The van der Waals surface area contributed by atoms with E-state index >= 15 is 0 Å². The van der Waals surface area contributed by atoms with E-state index in [1.807, 2.05) is 49.4 Å². The summed E-state index contributed by atoms with van der Waals surface area (Å²) in [5, 5.41) is 23.1. The quantitative estimate of drug-likeness (QED) is 0.461. The first kappa shape index (κ1) is 22.6. The topological polar surface area (TPSA) is 105 Å². The van der Waals surface area contributed by atoms with Crippen LogP contribution < -0.4 is 10.1 Å². The number of para-hydroxylation sites is 1. The highest BCUT2D eigenvalue weighted by Crippen LogP contribution is 2.35. The standard InChI is InChI=1S/C26H29N3O4/c1-16-7-12-23(30)20(13-16)22-14-21(19-5-3-4-6-24(19)33-2)28-26(29-22)27-15-17-8-10-18(11-9-17)25(31)32/h3-7,12-14,17-18,30H,8-11,15H2,1-2H3,(H,31,32)(H,27,28,29). The number of hydrogen-bond acceptors (Lipinski definition) is 6. The van der Waals surface area contributed by atoms with Crippen molar-refractivity contribution < 1.29 is 19.7 Å². The second-order valence-corrected chi connectivity index (χ2v) is 8.62. The van der Waals surface area contributed by atoms with Gasteiger partial charge in [0.1, 0.15) is 11.5 Å². The van der Waals surface area contributed by atoms with E-state index in [-0.39, 0.29) is 11.7 Å². The van der Waals surface area contributed by atoms with Gasteiger partial charge in [-0.1, -0.05) is 23.8 Å². The molecule has 7 heteroatoms. The lowest BCUT2D eigenvalue weighted by molar-refractivity contribution is -0.143. The largest absolute Gasteiger partial charge is 0.507 e. The number of benzene rings is 2. The van der Waals surface area contributed by atoms with Crippen molar-refractivity contribution in [2.24, 2.45) is 11.8 Å². The number of ether oxygens (including phenoxy) is 1. The third-order valence-corrected chi connectivity index (χ3v) is 6.28. The van der Waals surface area contributed by atoms with Gasteiger partial charge in [0, 0.05) is 17.7 Å². The van der Waals surface area contributed by atoms with E-state index in [0.29, 0.717) is 54.0 Å². The molecule has 0 aliphatic heterocycles. The fraction of sp³-hybridized carbons (Fsp3) is 0.346. The zero-order valence-electron chi connectivity index (χ0n) is 18.9. The number of phenols is 1. The zero-order chi connectivity index (χ0) is 23.4. The van der Waals surface area contributed by atoms with Crippen molar-refractivity contribution in [3.8, 4) is 34.0 Å². The minimum atomic E-state index is -0.697. The van der Waals surface area contributed by atoms with Crippen LogP contribution in [0.1, 0.15) is 31.2 Å². The average molecular weight is 448 g/mol. The lowest BCUT2D eigenvalue weighted by Gasteiger charge is -2.26. The molecular formula is C26H29N3O4. The maximum atomic E-state index is 11.2. The number of carboxylic acid groups (broad SMARTS) is 1. The molecule has 0 amide bonds. The van der Waals surface area contributed by atoms with Crippen LogP contribution in [0.15, 0.2) is 48.5 Å². The molecule has 1 heterocycles. The molecule has 2 aromatic carbocycles. The van der Waals surface area contributed by atoms with E-state index in [9.17, 15) is 15.0 Å². The predicted molar refractivity (Wildman–Crippen MR) is 127 cm³/mol. The Morgan fingerprint density at radius 1 is 1.03 bits per heavy atom.